The van der Waals surface area contributed by atoms with E-state index >= 15 is 0 Å². The molecule has 10 heteroatoms. The third-order valence-corrected chi connectivity index (χ3v) is 3.12. The molecule has 2 rings (SSSR count). The van der Waals surface area contributed by atoms with Crippen molar-refractivity contribution >= 4 is 11.9 Å². The molecule has 0 radical (unpaired) electrons. The highest BCUT2D eigenvalue weighted by molar-refractivity contribution is 5.97. The van der Waals surface area contributed by atoms with Crippen LogP contribution in [0, 0.1) is 0 Å². The lowest BCUT2D eigenvalue weighted by atomic mass is 10.2. The van der Waals surface area contributed by atoms with Gasteiger partial charge in [-0.25, -0.2) is 0 Å². The summed E-state index contributed by atoms with van der Waals surface area (Å²) in [7, 11) is 0. The zero-order valence-electron chi connectivity index (χ0n) is 11.6. The van der Waals surface area contributed by atoms with Crippen LogP contribution in [0.25, 0.3) is 0 Å². The number of esters is 1. The van der Waals surface area contributed by atoms with E-state index in [0.717, 1.165) is 24.6 Å². The second-order valence-corrected chi connectivity index (χ2v) is 4.63. The maximum absolute atomic E-state index is 12.8. The number of carbonyl (C=O) groups is 2. The van der Waals surface area contributed by atoms with Gasteiger partial charge in [0.25, 0.3) is 5.91 Å². The van der Waals surface area contributed by atoms with Gasteiger partial charge in [-0.15, -0.1) is 0 Å². The van der Waals surface area contributed by atoms with Crippen LogP contribution in [-0.2, 0) is 4.79 Å². The third kappa shape index (κ3) is 2.76. The minimum Gasteiger partial charge on any atom is -0.420 e. The summed E-state index contributed by atoms with van der Waals surface area (Å²) in [6, 6.07) is -1.04. The summed E-state index contributed by atoms with van der Waals surface area (Å²) < 4.78 is 44.1. The number of ether oxygens (including phenoxy) is 1. The lowest BCUT2D eigenvalue weighted by Gasteiger charge is -2.36. The van der Waals surface area contributed by atoms with E-state index in [1.807, 2.05) is 0 Å². The van der Waals surface area contributed by atoms with Crippen LogP contribution in [0.5, 0.6) is 5.75 Å². The summed E-state index contributed by atoms with van der Waals surface area (Å²) in [5.74, 6) is -2.52. The number of amides is 1. The standard InChI is InChI=1S/C12H12F3N3O4/c1-6(12(13,14)15)17-5-16-18-4-3-8(20)10(22-7(2)19)9(18)11(17)21/h3-4,6,16H,5H2,1-2H3/t6-/m0/s1. The summed E-state index contributed by atoms with van der Waals surface area (Å²) in [6.45, 7) is 1.43. The monoisotopic (exact) mass is 319 g/mol. The van der Waals surface area contributed by atoms with Gasteiger partial charge in [0, 0.05) is 19.2 Å². The molecule has 1 N–H and O–H groups in total. The molecule has 0 aliphatic carbocycles. The molecule has 0 saturated heterocycles. The highest BCUT2D eigenvalue weighted by Gasteiger charge is 2.44. The first-order valence-electron chi connectivity index (χ1n) is 6.18. The van der Waals surface area contributed by atoms with Gasteiger partial charge in [0.15, 0.2) is 5.69 Å². The van der Waals surface area contributed by atoms with E-state index in [2.05, 4.69) is 10.2 Å². The van der Waals surface area contributed by atoms with Crippen molar-refractivity contribution in [1.29, 1.82) is 0 Å². The topological polar surface area (TPSA) is 80.6 Å². The molecular weight excluding hydrogens is 307 g/mol. The van der Waals surface area contributed by atoms with Gasteiger partial charge in [0.05, 0.1) is 0 Å². The molecule has 2 heterocycles. The minimum absolute atomic E-state index is 0.408. The summed E-state index contributed by atoms with van der Waals surface area (Å²) in [5.41, 5.74) is 1.30. The summed E-state index contributed by atoms with van der Waals surface area (Å²) in [6.07, 6.45) is -3.45. The van der Waals surface area contributed by atoms with Crippen LogP contribution < -0.4 is 15.6 Å². The Balaban J connectivity index is 2.50. The number of aromatic nitrogens is 1. The number of alkyl halides is 3. The molecule has 0 unspecified atom stereocenters. The first-order valence-corrected chi connectivity index (χ1v) is 6.18. The van der Waals surface area contributed by atoms with E-state index in [1.54, 1.807) is 0 Å². The van der Waals surface area contributed by atoms with Crippen molar-refractivity contribution in [2.75, 3.05) is 12.1 Å². The van der Waals surface area contributed by atoms with Gasteiger partial charge in [0.2, 0.25) is 11.2 Å². The van der Waals surface area contributed by atoms with Crippen molar-refractivity contribution in [3.8, 4) is 5.75 Å². The largest absolute Gasteiger partial charge is 0.420 e. The molecule has 1 atom stereocenters. The molecule has 1 aliphatic rings. The Morgan fingerprint density at radius 1 is 1.41 bits per heavy atom. The van der Waals surface area contributed by atoms with Crippen molar-refractivity contribution in [3.63, 3.8) is 0 Å². The highest BCUT2D eigenvalue weighted by atomic mass is 19.4. The zero-order chi connectivity index (χ0) is 16.7. The molecule has 0 bridgehead atoms. The SMILES string of the molecule is CC(=O)Oc1c2n(ccc1=O)NCN([C@@H](C)C(F)(F)F)C2=O. The maximum atomic E-state index is 12.8. The maximum Gasteiger partial charge on any atom is 0.408 e. The molecule has 1 amide bonds. The van der Waals surface area contributed by atoms with Gasteiger partial charge in [-0.05, 0) is 6.92 Å². The van der Waals surface area contributed by atoms with E-state index in [9.17, 15) is 27.6 Å². The number of halogens is 3. The smallest absolute Gasteiger partial charge is 0.408 e. The van der Waals surface area contributed by atoms with E-state index < -0.39 is 47.6 Å². The Morgan fingerprint density at radius 3 is 2.59 bits per heavy atom. The zero-order valence-corrected chi connectivity index (χ0v) is 11.6. The number of rotatable bonds is 2. The van der Waals surface area contributed by atoms with Gasteiger partial charge in [0.1, 0.15) is 12.7 Å². The van der Waals surface area contributed by atoms with Gasteiger partial charge in [-0.3, -0.25) is 19.1 Å². The second-order valence-electron chi connectivity index (χ2n) is 4.63. The van der Waals surface area contributed by atoms with Crippen LogP contribution in [0.2, 0.25) is 0 Å². The van der Waals surface area contributed by atoms with Crippen LogP contribution in [0.1, 0.15) is 24.3 Å². The van der Waals surface area contributed by atoms with Crippen molar-refractivity contribution < 1.29 is 27.5 Å². The fourth-order valence-electron chi connectivity index (χ4n) is 1.94. The second kappa shape index (κ2) is 5.35. The average Bonchev–Trinajstić information content (AvgIpc) is 2.40. The molecular formula is C12H12F3N3O4. The average molecular weight is 319 g/mol. The molecule has 1 aromatic heterocycles. The summed E-state index contributed by atoms with van der Waals surface area (Å²) >= 11 is 0. The molecule has 120 valence electrons. The molecule has 1 aromatic rings. The lowest BCUT2D eigenvalue weighted by molar-refractivity contribution is -0.172. The summed E-state index contributed by atoms with van der Waals surface area (Å²) in [5, 5.41) is 0. The highest BCUT2D eigenvalue weighted by Crippen LogP contribution is 2.28. The van der Waals surface area contributed by atoms with E-state index in [4.69, 9.17) is 0 Å². The van der Waals surface area contributed by atoms with Gasteiger partial charge < -0.3 is 15.1 Å². The molecule has 0 aromatic carbocycles. The Hall–Kier alpha value is -2.52. The Bertz CT molecular complexity index is 683. The molecule has 0 saturated carbocycles. The number of hydrogen-bond donors (Lipinski definition) is 1. The van der Waals surface area contributed by atoms with Gasteiger partial charge in [-0.2, -0.15) is 13.2 Å². The summed E-state index contributed by atoms with van der Waals surface area (Å²) in [4.78, 5) is 35.6. The van der Waals surface area contributed by atoms with Crippen LogP contribution in [0.3, 0.4) is 0 Å². The van der Waals surface area contributed by atoms with Crippen LogP contribution >= 0.6 is 0 Å². The number of fused-ring (bicyclic) bond motifs is 1. The lowest BCUT2D eigenvalue weighted by Crippen LogP contribution is -2.54. The number of carbonyl (C=O) groups excluding carboxylic acids is 2. The fraction of sp³-hybridized carbons (Fsp3) is 0.417. The van der Waals surface area contributed by atoms with Crippen LogP contribution in [0.15, 0.2) is 17.1 Å². The number of nitrogens with one attached hydrogen (secondary N) is 1. The quantitative estimate of drug-likeness (QED) is 0.811. The normalized spacial score (nSPS) is 15.9. The van der Waals surface area contributed by atoms with E-state index in [1.165, 1.54) is 6.20 Å². The van der Waals surface area contributed by atoms with Crippen molar-refractivity contribution in [2.45, 2.75) is 26.1 Å². The van der Waals surface area contributed by atoms with Crippen molar-refractivity contribution in [2.24, 2.45) is 0 Å². The van der Waals surface area contributed by atoms with Crippen molar-refractivity contribution in [3.05, 3.63) is 28.2 Å². The fourth-order valence-corrected chi connectivity index (χ4v) is 1.94. The number of pyridine rings is 1. The Morgan fingerprint density at radius 2 is 2.05 bits per heavy atom. The Labute approximate surface area is 122 Å². The third-order valence-electron chi connectivity index (χ3n) is 3.12. The predicted octanol–water partition coefficient (Wildman–Crippen LogP) is 0.681. The Kier molecular flexibility index (Phi) is 3.86. The van der Waals surface area contributed by atoms with Gasteiger partial charge in [-0.1, -0.05) is 0 Å². The van der Waals surface area contributed by atoms with Gasteiger partial charge >= 0.3 is 12.1 Å². The van der Waals surface area contributed by atoms with E-state index in [-0.39, 0.29) is 0 Å². The predicted molar refractivity (Wildman–Crippen MR) is 67.9 cm³/mol. The minimum atomic E-state index is -4.63. The van der Waals surface area contributed by atoms with Crippen LogP contribution in [-0.4, -0.2) is 40.3 Å². The number of hydrogen-bond acceptors (Lipinski definition) is 5. The number of nitrogens with zero attached hydrogens (tertiary/aromatic N) is 2. The van der Waals surface area contributed by atoms with Crippen molar-refractivity contribution in [1.82, 2.24) is 9.58 Å². The molecule has 0 fully saturated rings. The molecule has 7 nitrogen and oxygen atoms in total. The first-order chi connectivity index (χ1) is 10.1. The van der Waals surface area contributed by atoms with Crippen LogP contribution in [0.4, 0.5) is 13.2 Å². The molecule has 1 aliphatic heterocycles. The van der Waals surface area contributed by atoms with E-state index in [0.29, 0.717) is 4.90 Å². The first kappa shape index (κ1) is 15.9. The molecule has 22 heavy (non-hydrogen) atoms. The molecule has 0 spiro atoms.